The third kappa shape index (κ3) is 3.30. The molecule has 0 bridgehead atoms. The fourth-order valence-electron chi connectivity index (χ4n) is 3.79. The van der Waals surface area contributed by atoms with E-state index in [1.165, 1.54) is 12.8 Å². The van der Waals surface area contributed by atoms with Crippen molar-refractivity contribution in [3.8, 4) is 0 Å². The summed E-state index contributed by atoms with van der Waals surface area (Å²) in [6, 6.07) is 0. The summed E-state index contributed by atoms with van der Waals surface area (Å²) in [5.74, 6) is 0.292. The largest absolute Gasteiger partial charge is 0.391 e. The molecule has 1 N–H and O–H groups in total. The first-order chi connectivity index (χ1) is 9.20. The van der Waals surface area contributed by atoms with Crippen LogP contribution in [0.15, 0.2) is 0 Å². The molecule has 112 valence electrons. The van der Waals surface area contributed by atoms with Gasteiger partial charge in [-0.05, 0) is 25.2 Å². The van der Waals surface area contributed by atoms with Gasteiger partial charge in [0, 0.05) is 32.3 Å². The van der Waals surface area contributed by atoms with Crippen LogP contribution in [-0.2, 0) is 9.47 Å². The minimum atomic E-state index is -0.247. The minimum absolute atomic E-state index is 0.00304. The fraction of sp³-hybridized carbons (Fsp3) is 1.00. The highest BCUT2D eigenvalue weighted by atomic mass is 16.5. The average molecular weight is 271 g/mol. The Labute approximate surface area is 117 Å². The molecule has 0 aromatic rings. The summed E-state index contributed by atoms with van der Waals surface area (Å²) in [7, 11) is 1.73. The van der Waals surface area contributed by atoms with Crippen LogP contribution in [0, 0.1) is 5.92 Å². The maximum atomic E-state index is 10.9. The fourth-order valence-corrected chi connectivity index (χ4v) is 3.79. The van der Waals surface area contributed by atoms with Gasteiger partial charge in [0.1, 0.15) is 0 Å². The van der Waals surface area contributed by atoms with Gasteiger partial charge in [0.05, 0.1) is 19.3 Å². The van der Waals surface area contributed by atoms with E-state index in [9.17, 15) is 5.11 Å². The molecule has 19 heavy (non-hydrogen) atoms. The summed E-state index contributed by atoms with van der Waals surface area (Å²) in [4.78, 5) is 2.50. The molecule has 1 saturated carbocycles. The SMILES string of the molecule is COCCC(C)C(O)C1(N2CCOCC2)CCCC1. The monoisotopic (exact) mass is 271 g/mol. The van der Waals surface area contributed by atoms with E-state index in [0.29, 0.717) is 5.92 Å². The standard InChI is InChI=1S/C15H29NO3/c1-13(5-10-18-2)14(17)15(6-3-4-7-15)16-8-11-19-12-9-16/h13-14,17H,3-12H2,1-2H3. The average Bonchev–Trinajstić information content (AvgIpc) is 2.95. The first-order valence-electron chi connectivity index (χ1n) is 7.70. The molecule has 2 rings (SSSR count). The van der Waals surface area contributed by atoms with E-state index in [4.69, 9.17) is 9.47 Å². The lowest BCUT2D eigenvalue weighted by molar-refractivity contribution is -0.0945. The molecule has 0 aromatic heterocycles. The van der Waals surface area contributed by atoms with Crippen molar-refractivity contribution >= 4 is 0 Å². The Morgan fingerprint density at radius 1 is 1.26 bits per heavy atom. The van der Waals surface area contributed by atoms with Crippen LogP contribution in [0.4, 0.5) is 0 Å². The molecule has 0 aromatic carbocycles. The first-order valence-corrected chi connectivity index (χ1v) is 7.70. The Kier molecular flexibility index (Phi) is 5.63. The van der Waals surface area contributed by atoms with E-state index in [0.717, 1.165) is 52.2 Å². The predicted molar refractivity (Wildman–Crippen MR) is 75.3 cm³/mol. The topological polar surface area (TPSA) is 41.9 Å². The summed E-state index contributed by atoms with van der Waals surface area (Å²) in [5.41, 5.74) is -0.00304. The van der Waals surface area contributed by atoms with Crippen molar-refractivity contribution in [1.82, 2.24) is 4.90 Å². The van der Waals surface area contributed by atoms with Gasteiger partial charge in [-0.15, -0.1) is 0 Å². The van der Waals surface area contributed by atoms with Crippen LogP contribution in [0.1, 0.15) is 39.0 Å². The second kappa shape index (κ2) is 7.02. The zero-order valence-corrected chi connectivity index (χ0v) is 12.4. The highest BCUT2D eigenvalue weighted by Crippen LogP contribution is 2.41. The highest BCUT2D eigenvalue weighted by Gasteiger charge is 2.47. The molecule has 1 aliphatic carbocycles. The van der Waals surface area contributed by atoms with Gasteiger partial charge in [0.2, 0.25) is 0 Å². The Balaban J connectivity index is 2.04. The van der Waals surface area contributed by atoms with Gasteiger partial charge in [0.25, 0.3) is 0 Å². The molecule has 0 spiro atoms. The molecule has 2 fully saturated rings. The maximum absolute atomic E-state index is 10.9. The van der Waals surface area contributed by atoms with E-state index in [1.807, 2.05) is 0 Å². The van der Waals surface area contributed by atoms with Crippen molar-refractivity contribution in [2.75, 3.05) is 40.0 Å². The van der Waals surface area contributed by atoms with Gasteiger partial charge in [-0.1, -0.05) is 19.8 Å². The van der Waals surface area contributed by atoms with Crippen LogP contribution in [0.5, 0.6) is 0 Å². The number of morpholine rings is 1. The van der Waals surface area contributed by atoms with Gasteiger partial charge < -0.3 is 14.6 Å². The molecule has 2 aliphatic rings. The smallest absolute Gasteiger partial charge is 0.0750 e. The molecule has 4 nitrogen and oxygen atoms in total. The molecule has 4 heteroatoms. The second-order valence-electron chi connectivity index (χ2n) is 6.11. The van der Waals surface area contributed by atoms with Gasteiger partial charge >= 0.3 is 0 Å². The van der Waals surface area contributed by atoms with Crippen molar-refractivity contribution in [1.29, 1.82) is 0 Å². The molecular weight excluding hydrogens is 242 g/mol. The number of nitrogens with zero attached hydrogens (tertiary/aromatic N) is 1. The van der Waals surface area contributed by atoms with Crippen molar-refractivity contribution in [2.24, 2.45) is 5.92 Å². The number of aliphatic hydroxyl groups excluding tert-OH is 1. The number of methoxy groups -OCH3 is 1. The number of hydrogen-bond acceptors (Lipinski definition) is 4. The Hall–Kier alpha value is -0.160. The van der Waals surface area contributed by atoms with E-state index in [2.05, 4.69) is 11.8 Å². The third-order valence-corrected chi connectivity index (χ3v) is 4.98. The molecule has 1 aliphatic heterocycles. The molecule has 2 unspecified atom stereocenters. The molecule has 0 radical (unpaired) electrons. The van der Waals surface area contributed by atoms with E-state index in [1.54, 1.807) is 7.11 Å². The predicted octanol–water partition coefficient (Wildman–Crippen LogP) is 1.66. The lowest BCUT2D eigenvalue weighted by atomic mass is 9.80. The summed E-state index contributed by atoms with van der Waals surface area (Å²) in [5, 5.41) is 10.9. The van der Waals surface area contributed by atoms with Crippen molar-refractivity contribution in [3.63, 3.8) is 0 Å². The summed E-state index contributed by atoms with van der Waals surface area (Å²) in [6.45, 7) is 6.44. The molecule has 1 heterocycles. The van der Waals surface area contributed by atoms with Crippen LogP contribution in [-0.4, -0.2) is 61.7 Å². The van der Waals surface area contributed by atoms with Gasteiger partial charge in [0.15, 0.2) is 0 Å². The third-order valence-electron chi connectivity index (χ3n) is 4.98. The number of aliphatic hydroxyl groups is 1. The lowest BCUT2D eigenvalue weighted by Gasteiger charge is -2.48. The van der Waals surface area contributed by atoms with E-state index >= 15 is 0 Å². The van der Waals surface area contributed by atoms with Crippen molar-refractivity contribution in [2.45, 2.75) is 50.7 Å². The van der Waals surface area contributed by atoms with Gasteiger partial charge in [-0.25, -0.2) is 0 Å². The molecule has 1 saturated heterocycles. The Morgan fingerprint density at radius 2 is 1.89 bits per heavy atom. The van der Waals surface area contributed by atoms with Crippen molar-refractivity contribution in [3.05, 3.63) is 0 Å². The molecular formula is C15H29NO3. The van der Waals surface area contributed by atoms with Crippen LogP contribution in [0.25, 0.3) is 0 Å². The zero-order chi connectivity index (χ0) is 13.7. The number of ether oxygens (including phenoxy) is 2. The van der Waals surface area contributed by atoms with Crippen molar-refractivity contribution < 1.29 is 14.6 Å². The normalized spacial score (nSPS) is 27.3. The second-order valence-corrected chi connectivity index (χ2v) is 6.11. The zero-order valence-electron chi connectivity index (χ0n) is 12.4. The van der Waals surface area contributed by atoms with Crippen LogP contribution in [0.2, 0.25) is 0 Å². The summed E-state index contributed by atoms with van der Waals surface area (Å²) < 4.78 is 10.6. The minimum Gasteiger partial charge on any atom is -0.391 e. The molecule has 0 amide bonds. The number of rotatable bonds is 6. The first kappa shape index (κ1) is 15.2. The Morgan fingerprint density at radius 3 is 2.47 bits per heavy atom. The maximum Gasteiger partial charge on any atom is 0.0750 e. The van der Waals surface area contributed by atoms with Gasteiger partial charge in [-0.3, -0.25) is 4.90 Å². The molecule has 2 atom stereocenters. The van der Waals surface area contributed by atoms with Crippen LogP contribution < -0.4 is 0 Å². The van der Waals surface area contributed by atoms with Crippen LogP contribution >= 0.6 is 0 Å². The highest BCUT2D eigenvalue weighted by molar-refractivity contribution is 5.02. The van der Waals surface area contributed by atoms with Crippen LogP contribution in [0.3, 0.4) is 0 Å². The summed E-state index contributed by atoms with van der Waals surface area (Å²) >= 11 is 0. The Bertz CT molecular complexity index is 260. The number of hydrogen-bond donors (Lipinski definition) is 1. The lowest BCUT2D eigenvalue weighted by Crippen LogP contribution is -2.60. The quantitative estimate of drug-likeness (QED) is 0.798. The van der Waals surface area contributed by atoms with E-state index < -0.39 is 0 Å². The van der Waals surface area contributed by atoms with Gasteiger partial charge in [-0.2, -0.15) is 0 Å². The summed E-state index contributed by atoms with van der Waals surface area (Å²) in [6.07, 6.45) is 5.43. The van der Waals surface area contributed by atoms with E-state index in [-0.39, 0.29) is 11.6 Å².